The van der Waals surface area contributed by atoms with Gasteiger partial charge in [0.25, 0.3) is 6.71 Å². The number of carbonyl (C=O) groups is 2. The van der Waals surface area contributed by atoms with Crippen molar-refractivity contribution in [3.63, 3.8) is 0 Å². The normalized spacial score (nSPS) is 12.0. The maximum atomic E-state index is 14.5. The van der Waals surface area contributed by atoms with Crippen molar-refractivity contribution >= 4 is 91.0 Å². The maximum absolute atomic E-state index is 14.5. The molecule has 516 valence electrons. The van der Waals surface area contributed by atoms with Crippen molar-refractivity contribution in [2.45, 2.75) is 20.1 Å². The van der Waals surface area contributed by atoms with Crippen LogP contribution in [0.15, 0.2) is 346 Å². The molecule has 0 aliphatic carbocycles. The lowest BCUT2D eigenvalue weighted by Crippen LogP contribution is -2.61. The lowest BCUT2D eigenvalue weighted by molar-refractivity contribution is 0.0464. The van der Waals surface area contributed by atoms with Gasteiger partial charge in [0.15, 0.2) is 34.9 Å². The van der Waals surface area contributed by atoms with Crippen LogP contribution in [0.5, 0.6) is 0 Å². The van der Waals surface area contributed by atoms with Gasteiger partial charge in [0, 0.05) is 78.3 Å². The highest BCUT2D eigenvalue weighted by molar-refractivity contribution is 7.00. The molecule has 5 heterocycles. The number of aryl methyl sites for hydroxylation is 1. The van der Waals surface area contributed by atoms with Crippen LogP contribution in [0.3, 0.4) is 0 Å². The van der Waals surface area contributed by atoms with Crippen LogP contribution in [0.1, 0.15) is 37.4 Å². The fourth-order valence-electron chi connectivity index (χ4n) is 15.2. The van der Waals surface area contributed by atoms with Crippen LogP contribution in [0, 0.1) is 6.92 Å². The Morgan fingerprint density at radius 2 is 0.706 bits per heavy atom. The fraction of sp³-hybridized carbons (Fsp3) is 0.0316. The van der Waals surface area contributed by atoms with E-state index in [0.29, 0.717) is 46.1 Å². The number of carbonyl (C=O) groups excluding carboxylic acids is 2. The quantitative estimate of drug-likeness (QED) is 0.0671. The van der Waals surface area contributed by atoms with Gasteiger partial charge in [-0.1, -0.05) is 260 Å². The molecule has 0 radical (unpaired) electrons. The molecule has 14 heteroatoms. The van der Waals surface area contributed by atoms with Crippen LogP contribution >= 0.6 is 0 Å². The van der Waals surface area contributed by atoms with E-state index in [2.05, 4.69) is 137 Å². The van der Waals surface area contributed by atoms with E-state index in [-0.39, 0.29) is 13.2 Å². The van der Waals surface area contributed by atoms with Gasteiger partial charge in [-0.05, 0) is 137 Å². The molecule has 2 aliphatic heterocycles. The number of anilines is 6. The van der Waals surface area contributed by atoms with Crippen LogP contribution in [0.2, 0.25) is 0 Å². The van der Waals surface area contributed by atoms with Crippen LogP contribution in [0.4, 0.5) is 34.1 Å². The lowest BCUT2D eigenvalue weighted by atomic mass is 9.33. The van der Waals surface area contributed by atoms with E-state index in [4.69, 9.17) is 39.4 Å². The Hall–Kier alpha value is -14.5. The van der Waals surface area contributed by atoms with E-state index in [1.54, 1.807) is 0 Å². The smallest absolute Gasteiger partial charge is 0.338 e. The van der Waals surface area contributed by atoms with Gasteiger partial charge in [-0.2, -0.15) is 0 Å². The second-order valence-electron chi connectivity index (χ2n) is 27.3. The van der Waals surface area contributed by atoms with Crippen molar-refractivity contribution in [1.82, 2.24) is 34.5 Å². The number of hydrogen-bond donors (Lipinski definition) is 0. The highest BCUT2D eigenvalue weighted by atomic mass is 16.5. The van der Waals surface area contributed by atoms with Crippen LogP contribution in [-0.2, 0) is 22.7 Å². The monoisotopic (exact) mass is 1410 g/mol. The SMILES string of the molecule is Cc1ccc(-n2c3ccc(-c4cc5c6c(c4)N(c4ccccc4)c4ccc(C(=O)OCc7ccccc7)cc4B6c4cc(C(=O)OCc6ccccc6)ccc4N5c4ccccc4)cc3c3ccc(-c4nc(-c5ccccc5)nc(-c5ccccc5)n4)cc32)c(-c2nc(-c3ccccc3)nc(-c3ccccc3)n2)c1. The molecule has 0 atom stereocenters. The Labute approximate surface area is 629 Å². The topological polar surface area (TPSA) is 141 Å². The molecule has 0 fully saturated rings. The van der Waals surface area contributed by atoms with E-state index in [1.807, 2.05) is 231 Å². The third-order valence-electron chi connectivity index (χ3n) is 20.4. The number of fused-ring (bicyclic) bond motifs is 7. The zero-order valence-corrected chi connectivity index (χ0v) is 59.1. The van der Waals surface area contributed by atoms with Gasteiger partial charge in [-0.15, -0.1) is 0 Å². The van der Waals surface area contributed by atoms with E-state index in [1.165, 1.54) is 0 Å². The number of benzene rings is 14. The predicted molar refractivity (Wildman–Crippen MR) is 435 cm³/mol. The fourth-order valence-corrected chi connectivity index (χ4v) is 15.2. The number of nitrogens with zero attached hydrogens (tertiary/aromatic N) is 9. The lowest BCUT2D eigenvalue weighted by Gasteiger charge is -2.44. The Morgan fingerprint density at radius 1 is 0.312 bits per heavy atom. The van der Waals surface area contributed by atoms with Crippen LogP contribution < -0.4 is 26.2 Å². The molecule has 0 spiro atoms. The number of aromatic nitrogens is 7. The van der Waals surface area contributed by atoms with Crippen LogP contribution in [0.25, 0.3) is 107 Å². The number of rotatable bonds is 16. The van der Waals surface area contributed by atoms with Crippen molar-refractivity contribution in [3.05, 3.63) is 374 Å². The summed E-state index contributed by atoms with van der Waals surface area (Å²) in [5.41, 5.74) is 21.3. The molecule has 0 amide bonds. The summed E-state index contributed by atoms with van der Waals surface area (Å²) >= 11 is 0. The van der Waals surface area contributed by atoms with E-state index < -0.39 is 18.7 Å². The van der Waals surface area contributed by atoms with Gasteiger partial charge in [-0.25, -0.2) is 39.5 Å². The summed E-state index contributed by atoms with van der Waals surface area (Å²) in [6, 6.07) is 117. The summed E-state index contributed by atoms with van der Waals surface area (Å²) in [5, 5.41) is 1.97. The first-order chi connectivity index (χ1) is 53.8. The molecule has 19 rings (SSSR count). The van der Waals surface area contributed by atoms with Gasteiger partial charge in [0.1, 0.15) is 13.2 Å². The zero-order valence-electron chi connectivity index (χ0n) is 59.1. The summed E-state index contributed by atoms with van der Waals surface area (Å²) in [6.45, 7) is 1.80. The minimum Gasteiger partial charge on any atom is -0.457 e. The number of esters is 2. The molecule has 0 bridgehead atoms. The molecule has 2 aliphatic rings. The van der Waals surface area contributed by atoms with Crippen LogP contribution in [-0.4, -0.2) is 53.1 Å². The zero-order chi connectivity index (χ0) is 72.9. The standard InChI is InChI=1S/C95H64BN9O4/c1-61-42-48-81(77(52-61)93-101-90(66-34-18-6-19-35-66)98-91(102-93)67-36-20-7-21-37-67)105-80-49-44-68(53-76(80)75-47-43-69(56-84(75)105)92-99-88(64-30-14-4-15-31-64)97-89(100-92)65-32-16-5-17-33-65)72-57-85-87-86(58-72)104(74-40-24-9-25-41-74)83-51-46-71(95(107)109-60-63-28-12-3-13-29-63)55-79(83)96(87)78-54-70(94(106)108-59-62-26-10-2-11-27-62)45-50-82(78)103(85)73-38-22-8-23-39-73/h2-58H,59-60H2,1H3. The second-order valence-corrected chi connectivity index (χ2v) is 27.3. The number of para-hydroxylation sites is 2. The van der Waals surface area contributed by atoms with Gasteiger partial charge in [0.2, 0.25) is 0 Å². The molecule has 0 N–H and O–H groups in total. The first kappa shape index (κ1) is 65.3. The number of hydrogen-bond acceptors (Lipinski definition) is 12. The first-order valence-corrected chi connectivity index (χ1v) is 36.3. The summed E-state index contributed by atoms with van der Waals surface area (Å²) in [6.07, 6.45) is 0. The third-order valence-corrected chi connectivity index (χ3v) is 20.4. The second kappa shape index (κ2) is 27.8. The molecule has 14 aromatic carbocycles. The maximum Gasteiger partial charge on any atom is 0.338 e. The Balaban J connectivity index is 0.840. The molecular weight excluding hydrogens is 1340 g/mol. The summed E-state index contributed by atoms with van der Waals surface area (Å²) in [7, 11) is 0. The van der Waals surface area contributed by atoms with Crippen molar-refractivity contribution < 1.29 is 19.1 Å². The molecule has 0 unspecified atom stereocenters. The van der Waals surface area contributed by atoms with Gasteiger partial charge in [-0.3, -0.25) is 0 Å². The Kier molecular flexibility index (Phi) is 16.7. The van der Waals surface area contributed by atoms with Crippen molar-refractivity contribution in [2.24, 2.45) is 0 Å². The molecule has 0 saturated carbocycles. The van der Waals surface area contributed by atoms with E-state index >= 15 is 0 Å². The predicted octanol–water partition coefficient (Wildman–Crippen LogP) is 19.9. The Morgan fingerprint density at radius 3 is 1.16 bits per heavy atom. The van der Waals surface area contributed by atoms with E-state index in [9.17, 15) is 9.59 Å². The highest BCUT2D eigenvalue weighted by Crippen LogP contribution is 2.48. The van der Waals surface area contributed by atoms with Gasteiger partial charge in [0.05, 0.1) is 27.8 Å². The average Bonchev–Trinajstić information content (AvgIpc) is 1.23. The minimum absolute atomic E-state index is 0.106. The van der Waals surface area contributed by atoms with Crippen molar-refractivity contribution in [3.8, 4) is 85.1 Å². The van der Waals surface area contributed by atoms with Crippen molar-refractivity contribution in [1.29, 1.82) is 0 Å². The summed E-state index contributed by atoms with van der Waals surface area (Å²) in [5.74, 6) is 2.34. The molecule has 17 aromatic rings. The summed E-state index contributed by atoms with van der Waals surface area (Å²) < 4.78 is 14.5. The van der Waals surface area contributed by atoms with Gasteiger partial charge < -0.3 is 23.8 Å². The average molecular weight is 1410 g/mol. The molecule has 0 saturated heterocycles. The van der Waals surface area contributed by atoms with Gasteiger partial charge >= 0.3 is 11.9 Å². The van der Waals surface area contributed by atoms with E-state index in [0.717, 1.165) is 139 Å². The van der Waals surface area contributed by atoms with Crippen molar-refractivity contribution in [2.75, 3.05) is 9.80 Å². The third kappa shape index (κ3) is 12.3. The minimum atomic E-state index is -0.514. The largest absolute Gasteiger partial charge is 0.457 e. The number of ether oxygens (including phenoxy) is 2. The molecule has 3 aromatic heterocycles. The summed E-state index contributed by atoms with van der Waals surface area (Å²) in [4.78, 5) is 65.2. The molecule has 109 heavy (non-hydrogen) atoms. The first-order valence-electron chi connectivity index (χ1n) is 36.3. The molecular formula is C95H64BN9O4. The molecule has 13 nitrogen and oxygen atoms in total. The Bertz CT molecular complexity index is 6070. The highest BCUT2D eigenvalue weighted by Gasteiger charge is 2.45.